The van der Waals surface area contributed by atoms with E-state index in [1.807, 2.05) is 18.2 Å². The van der Waals surface area contributed by atoms with Gasteiger partial charge in [0.2, 0.25) is 0 Å². The van der Waals surface area contributed by atoms with Gasteiger partial charge in [0.15, 0.2) is 5.78 Å². The molecule has 3 aromatic rings. The predicted molar refractivity (Wildman–Crippen MR) is 135 cm³/mol. The minimum absolute atomic E-state index is 0.0442. The first-order valence-corrected chi connectivity index (χ1v) is 13.0. The van der Waals surface area contributed by atoms with Gasteiger partial charge in [-0.1, -0.05) is 36.4 Å². The molecule has 0 unspecified atom stereocenters. The molecule has 2 fully saturated rings. The molecule has 1 saturated heterocycles. The fraction of sp³-hybridized carbons (Fsp3) is 0.400. The number of hydrogen-bond acceptors (Lipinski definition) is 5. The minimum atomic E-state index is -1.06. The van der Waals surface area contributed by atoms with Gasteiger partial charge in [0, 0.05) is 42.1 Å². The van der Waals surface area contributed by atoms with E-state index in [2.05, 4.69) is 9.88 Å². The third-order valence-electron chi connectivity index (χ3n) is 9.29. The molecule has 2 heterocycles. The van der Waals surface area contributed by atoms with E-state index in [9.17, 15) is 19.8 Å². The van der Waals surface area contributed by atoms with E-state index in [1.165, 1.54) is 18.4 Å². The van der Waals surface area contributed by atoms with Crippen molar-refractivity contribution in [1.29, 1.82) is 0 Å². The van der Waals surface area contributed by atoms with Crippen LogP contribution in [0.3, 0.4) is 0 Å². The van der Waals surface area contributed by atoms with Gasteiger partial charge in [-0.15, -0.1) is 0 Å². The number of likely N-dealkylation sites (tertiary alicyclic amines) is 1. The molecule has 6 nitrogen and oxygen atoms in total. The summed E-state index contributed by atoms with van der Waals surface area (Å²) in [6.45, 7) is 1.90. The second kappa shape index (κ2) is 7.64. The van der Waals surface area contributed by atoms with Crippen LogP contribution in [0, 0.1) is 5.92 Å². The molecule has 3 atom stereocenters. The molecule has 6 heteroatoms. The number of pyridine rings is 1. The number of carbonyl (C=O) groups excluding carboxylic acids is 1. The van der Waals surface area contributed by atoms with E-state index in [0.717, 1.165) is 42.8 Å². The number of aromatic nitrogens is 1. The van der Waals surface area contributed by atoms with Crippen molar-refractivity contribution in [3.8, 4) is 5.75 Å². The minimum Gasteiger partial charge on any atom is -0.508 e. The van der Waals surface area contributed by atoms with Crippen LogP contribution in [0.25, 0.3) is 0 Å². The highest BCUT2D eigenvalue weighted by atomic mass is 16.3. The molecule has 2 aromatic carbocycles. The molecule has 4 aliphatic rings. The van der Waals surface area contributed by atoms with Gasteiger partial charge in [-0.2, -0.15) is 0 Å². The van der Waals surface area contributed by atoms with Crippen LogP contribution in [0.1, 0.15) is 57.6 Å². The molecule has 1 aliphatic heterocycles. The molecule has 1 saturated carbocycles. The van der Waals surface area contributed by atoms with E-state index in [1.54, 1.807) is 36.4 Å². The van der Waals surface area contributed by atoms with Crippen LogP contribution in [-0.2, 0) is 24.7 Å². The first-order valence-electron chi connectivity index (χ1n) is 13.0. The Bertz CT molecular complexity index is 1440. The maximum absolute atomic E-state index is 13.2. The third-order valence-corrected chi connectivity index (χ3v) is 9.29. The second-order valence-corrected chi connectivity index (χ2v) is 11.3. The van der Waals surface area contributed by atoms with Crippen molar-refractivity contribution < 1.29 is 15.0 Å². The van der Waals surface area contributed by atoms with Crippen LogP contribution in [0.5, 0.6) is 5.75 Å². The van der Waals surface area contributed by atoms with Crippen LogP contribution in [-0.4, -0.2) is 50.6 Å². The number of ketones is 1. The zero-order valence-electron chi connectivity index (χ0n) is 20.2. The van der Waals surface area contributed by atoms with Gasteiger partial charge < -0.3 is 15.2 Å². The molecule has 7 rings (SSSR count). The SMILES string of the molecule is O=C(c1ccccc1)c1cc2c([nH]c1=O)C[C@]13CCN(CC4CC4)[C@H](Cc4ccc(O)cc41)[C@]3(O)C2. The number of nitrogens with zero attached hydrogens (tertiary/aromatic N) is 1. The van der Waals surface area contributed by atoms with Crippen molar-refractivity contribution in [1.82, 2.24) is 9.88 Å². The average Bonchev–Trinajstić information content (AvgIpc) is 3.69. The van der Waals surface area contributed by atoms with E-state index in [-0.39, 0.29) is 28.7 Å². The van der Waals surface area contributed by atoms with Crippen molar-refractivity contribution >= 4 is 5.78 Å². The molecule has 2 bridgehead atoms. The molecular weight excluding hydrogens is 452 g/mol. The van der Waals surface area contributed by atoms with Crippen LogP contribution < -0.4 is 5.56 Å². The van der Waals surface area contributed by atoms with Crippen molar-refractivity contribution in [3.05, 3.63) is 98.5 Å². The Kier molecular flexibility index (Phi) is 4.67. The number of phenolic OH excluding ortho intramolecular Hbond substituents is 1. The topological polar surface area (TPSA) is 93.6 Å². The first-order chi connectivity index (χ1) is 17.4. The van der Waals surface area contributed by atoms with E-state index >= 15 is 0 Å². The molecule has 1 aromatic heterocycles. The zero-order valence-corrected chi connectivity index (χ0v) is 20.2. The van der Waals surface area contributed by atoms with Gasteiger partial charge in [-0.05, 0) is 73.0 Å². The summed E-state index contributed by atoms with van der Waals surface area (Å²) in [6.07, 6.45) is 4.86. The number of phenols is 1. The first kappa shape index (κ1) is 22.0. The van der Waals surface area contributed by atoms with Gasteiger partial charge >= 0.3 is 0 Å². The standard InChI is InChI=1S/C30H30N2O4/c33-22-9-8-20-13-26-30(36)15-21-12-23(27(34)19-4-2-1-3-5-19)28(35)31-25(21)16-29(30,24(20)14-22)10-11-32(26)17-18-6-7-18/h1-5,8-9,12,14,18,26,33,36H,6-7,10-11,13,15-17H2,(H,31,35)/t26-,29-,30-/m1/s1. The zero-order chi connectivity index (χ0) is 24.7. The van der Waals surface area contributed by atoms with Crippen molar-refractivity contribution in [2.24, 2.45) is 5.92 Å². The highest BCUT2D eigenvalue weighted by Gasteiger charge is 2.64. The van der Waals surface area contributed by atoms with Crippen LogP contribution in [0.15, 0.2) is 59.4 Å². The monoisotopic (exact) mass is 482 g/mol. The average molecular weight is 483 g/mol. The largest absolute Gasteiger partial charge is 0.508 e. The summed E-state index contributed by atoms with van der Waals surface area (Å²) in [6, 6.07) is 16.1. The fourth-order valence-electron chi connectivity index (χ4n) is 7.30. The molecule has 3 aliphatic carbocycles. The fourth-order valence-corrected chi connectivity index (χ4v) is 7.30. The van der Waals surface area contributed by atoms with Crippen LogP contribution >= 0.6 is 0 Å². The van der Waals surface area contributed by atoms with Crippen molar-refractivity contribution in [2.75, 3.05) is 13.1 Å². The summed E-state index contributed by atoms with van der Waals surface area (Å²) in [4.78, 5) is 31.8. The lowest BCUT2D eigenvalue weighted by Crippen LogP contribution is -2.74. The summed E-state index contributed by atoms with van der Waals surface area (Å²) in [5, 5.41) is 23.1. The molecule has 0 amide bonds. The second-order valence-electron chi connectivity index (χ2n) is 11.3. The Morgan fingerprint density at radius 2 is 1.86 bits per heavy atom. The number of carbonyl (C=O) groups is 1. The Morgan fingerprint density at radius 1 is 1.06 bits per heavy atom. The van der Waals surface area contributed by atoms with E-state index in [4.69, 9.17) is 0 Å². The van der Waals surface area contributed by atoms with Crippen LogP contribution in [0.2, 0.25) is 0 Å². The molecule has 3 N–H and O–H groups in total. The summed E-state index contributed by atoms with van der Waals surface area (Å²) >= 11 is 0. The number of aromatic amines is 1. The smallest absolute Gasteiger partial charge is 0.259 e. The lowest BCUT2D eigenvalue weighted by atomic mass is 9.49. The molecular formula is C30H30N2O4. The normalized spacial score (nSPS) is 28.6. The highest BCUT2D eigenvalue weighted by Crippen LogP contribution is 2.57. The van der Waals surface area contributed by atoms with Crippen molar-refractivity contribution in [3.63, 3.8) is 0 Å². The molecule has 36 heavy (non-hydrogen) atoms. The number of nitrogens with one attached hydrogen (secondary N) is 1. The van der Waals surface area contributed by atoms with Crippen LogP contribution in [0.4, 0.5) is 0 Å². The number of aromatic hydroxyl groups is 1. The number of aliphatic hydroxyl groups is 1. The van der Waals surface area contributed by atoms with Gasteiger partial charge in [-0.3, -0.25) is 14.5 Å². The van der Waals surface area contributed by atoms with Gasteiger partial charge in [0.05, 0.1) is 11.2 Å². The number of piperidine rings is 1. The highest BCUT2D eigenvalue weighted by molar-refractivity contribution is 6.08. The van der Waals surface area contributed by atoms with Gasteiger partial charge in [-0.25, -0.2) is 0 Å². The third kappa shape index (κ3) is 3.10. The number of hydrogen-bond donors (Lipinski definition) is 3. The van der Waals surface area contributed by atoms with Gasteiger partial charge in [0.25, 0.3) is 5.56 Å². The molecule has 0 radical (unpaired) electrons. The Morgan fingerprint density at radius 3 is 2.64 bits per heavy atom. The quantitative estimate of drug-likeness (QED) is 0.497. The summed E-state index contributed by atoms with van der Waals surface area (Å²) in [7, 11) is 0. The summed E-state index contributed by atoms with van der Waals surface area (Å²) < 4.78 is 0. The lowest BCUT2D eigenvalue weighted by molar-refractivity contribution is -0.152. The number of rotatable bonds is 4. The summed E-state index contributed by atoms with van der Waals surface area (Å²) in [5.41, 5.74) is 2.36. The van der Waals surface area contributed by atoms with Gasteiger partial charge in [0.1, 0.15) is 5.75 Å². The van der Waals surface area contributed by atoms with Crippen molar-refractivity contribution in [2.45, 2.75) is 55.6 Å². The predicted octanol–water partition coefficient (Wildman–Crippen LogP) is 3.12. The van der Waals surface area contributed by atoms with E-state index in [0.29, 0.717) is 24.3 Å². The Hall–Kier alpha value is -3.22. The number of benzene rings is 2. The summed E-state index contributed by atoms with van der Waals surface area (Å²) in [5.74, 6) is 0.610. The maximum Gasteiger partial charge on any atom is 0.259 e. The Balaban J connectivity index is 1.37. The van der Waals surface area contributed by atoms with E-state index < -0.39 is 11.0 Å². The maximum atomic E-state index is 13.2. The number of H-pyrrole nitrogens is 1. The lowest BCUT2D eigenvalue weighted by Gasteiger charge is -2.63. The molecule has 184 valence electrons. The molecule has 0 spiro atoms. The number of fused-ring (bicyclic) bond motifs is 2. The Labute approximate surface area is 209 Å².